The van der Waals surface area contributed by atoms with E-state index in [-0.39, 0.29) is 18.7 Å². The highest BCUT2D eigenvalue weighted by atomic mass is 16.3. The number of hydrogen-bond donors (Lipinski definition) is 3. The molecule has 1 rings (SSSR count). The molecule has 0 spiro atoms. The van der Waals surface area contributed by atoms with Crippen LogP contribution in [0, 0.1) is 6.92 Å². The number of amides is 2. The van der Waals surface area contributed by atoms with E-state index in [2.05, 4.69) is 10.6 Å². The Bertz CT molecular complexity index is 349. The maximum Gasteiger partial charge on any atom is 0.319 e. The van der Waals surface area contributed by atoms with Gasteiger partial charge in [-0.05, 0) is 31.0 Å². The summed E-state index contributed by atoms with van der Waals surface area (Å²) in [4.78, 5) is 11.5. The second kappa shape index (κ2) is 6.12. The van der Waals surface area contributed by atoms with Crippen LogP contribution >= 0.6 is 0 Å². The van der Waals surface area contributed by atoms with Gasteiger partial charge in [-0.25, -0.2) is 4.79 Å². The van der Waals surface area contributed by atoms with Gasteiger partial charge in [0.1, 0.15) is 0 Å². The predicted octanol–water partition coefficient (Wildman–Crippen LogP) is 1.89. The van der Waals surface area contributed by atoms with Crippen LogP contribution in [0.5, 0.6) is 0 Å². The molecule has 0 aliphatic rings. The third-order valence-electron chi connectivity index (χ3n) is 2.32. The minimum Gasteiger partial charge on any atom is -0.394 e. The molecule has 4 heteroatoms. The molecule has 0 heterocycles. The molecule has 2 amide bonds. The molecular weight excluding hydrogens is 204 g/mol. The van der Waals surface area contributed by atoms with E-state index in [1.807, 2.05) is 38.1 Å². The van der Waals surface area contributed by atoms with Gasteiger partial charge in [-0.1, -0.05) is 19.1 Å². The third-order valence-corrected chi connectivity index (χ3v) is 2.32. The van der Waals surface area contributed by atoms with E-state index in [4.69, 9.17) is 5.11 Å². The van der Waals surface area contributed by atoms with E-state index in [0.29, 0.717) is 6.42 Å². The Hall–Kier alpha value is -1.55. The van der Waals surface area contributed by atoms with Crippen molar-refractivity contribution in [2.45, 2.75) is 26.3 Å². The van der Waals surface area contributed by atoms with Gasteiger partial charge < -0.3 is 15.7 Å². The zero-order valence-corrected chi connectivity index (χ0v) is 9.66. The zero-order chi connectivity index (χ0) is 12.0. The fraction of sp³-hybridized carbons (Fsp3) is 0.417. The number of anilines is 1. The van der Waals surface area contributed by atoms with Crippen LogP contribution in [0.4, 0.5) is 10.5 Å². The average molecular weight is 222 g/mol. The van der Waals surface area contributed by atoms with E-state index in [9.17, 15) is 4.79 Å². The molecule has 0 radical (unpaired) electrons. The van der Waals surface area contributed by atoms with Crippen molar-refractivity contribution >= 4 is 11.7 Å². The molecule has 1 unspecified atom stereocenters. The maximum atomic E-state index is 11.5. The minimum atomic E-state index is -0.286. The highest BCUT2D eigenvalue weighted by Crippen LogP contribution is 2.09. The van der Waals surface area contributed by atoms with Crippen LogP contribution in [0.3, 0.4) is 0 Å². The molecule has 3 N–H and O–H groups in total. The topological polar surface area (TPSA) is 61.4 Å². The molecule has 0 saturated heterocycles. The second-order valence-electron chi connectivity index (χ2n) is 3.76. The van der Waals surface area contributed by atoms with Crippen LogP contribution in [-0.2, 0) is 0 Å². The molecule has 1 atom stereocenters. The summed E-state index contributed by atoms with van der Waals surface area (Å²) in [6.45, 7) is 3.83. The molecule has 0 saturated carbocycles. The fourth-order valence-corrected chi connectivity index (χ4v) is 1.35. The van der Waals surface area contributed by atoms with E-state index in [1.54, 1.807) is 0 Å². The SMILES string of the molecule is CCC(CO)NC(=O)Nc1cccc(C)c1. The van der Waals surface area contributed by atoms with Gasteiger partial charge in [-0.3, -0.25) is 0 Å². The smallest absolute Gasteiger partial charge is 0.319 e. The summed E-state index contributed by atoms with van der Waals surface area (Å²) in [7, 11) is 0. The van der Waals surface area contributed by atoms with Crippen molar-refractivity contribution in [3.8, 4) is 0 Å². The lowest BCUT2D eigenvalue weighted by Crippen LogP contribution is -2.39. The van der Waals surface area contributed by atoms with E-state index in [1.165, 1.54) is 0 Å². The number of aliphatic hydroxyl groups excluding tert-OH is 1. The third kappa shape index (κ3) is 3.90. The van der Waals surface area contributed by atoms with Crippen LogP contribution in [0.2, 0.25) is 0 Å². The first-order valence-corrected chi connectivity index (χ1v) is 5.40. The van der Waals surface area contributed by atoms with E-state index < -0.39 is 0 Å². The van der Waals surface area contributed by atoms with Crippen LogP contribution in [0.1, 0.15) is 18.9 Å². The minimum absolute atomic E-state index is 0.0439. The number of hydrogen-bond acceptors (Lipinski definition) is 2. The van der Waals surface area contributed by atoms with Gasteiger partial charge in [0.2, 0.25) is 0 Å². The number of carbonyl (C=O) groups excluding carboxylic acids is 1. The lowest BCUT2D eigenvalue weighted by Gasteiger charge is -2.14. The van der Waals surface area contributed by atoms with Crippen molar-refractivity contribution in [2.75, 3.05) is 11.9 Å². The number of carbonyl (C=O) groups is 1. The van der Waals surface area contributed by atoms with Gasteiger partial charge >= 0.3 is 6.03 Å². The number of aliphatic hydroxyl groups is 1. The van der Waals surface area contributed by atoms with Crippen molar-refractivity contribution in [3.05, 3.63) is 29.8 Å². The van der Waals surface area contributed by atoms with Gasteiger partial charge in [-0.15, -0.1) is 0 Å². The first kappa shape index (κ1) is 12.5. The summed E-state index contributed by atoms with van der Waals surface area (Å²) in [6.07, 6.45) is 0.706. The van der Waals surface area contributed by atoms with Gasteiger partial charge in [-0.2, -0.15) is 0 Å². The second-order valence-corrected chi connectivity index (χ2v) is 3.76. The molecule has 1 aromatic rings. The molecule has 16 heavy (non-hydrogen) atoms. The summed E-state index contributed by atoms with van der Waals surface area (Å²) in [6, 6.07) is 7.09. The lowest BCUT2D eigenvalue weighted by atomic mass is 10.2. The normalized spacial score (nSPS) is 11.9. The highest BCUT2D eigenvalue weighted by Gasteiger charge is 2.08. The summed E-state index contributed by atoms with van der Waals surface area (Å²) in [5, 5.41) is 14.3. The summed E-state index contributed by atoms with van der Waals surface area (Å²) in [5.41, 5.74) is 1.84. The molecule has 88 valence electrons. The Balaban J connectivity index is 2.51. The monoisotopic (exact) mass is 222 g/mol. The van der Waals surface area contributed by atoms with Crippen LogP contribution in [0.15, 0.2) is 24.3 Å². The summed E-state index contributed by atoms with van der Waals surface area (Å²) >= 11 is 0. The largest absolute Gasteiger partial charge is 0.394 e. The molecular formula is C12H18N2O2. The van der Waals surface area contributed by atoms with Crippen molar-refractivity contribution in [1.82, 2.24) is 5.32 Å². The van der Waals surface area contributed by atoms with Gasteiger partial charge in [0.25, 0.3) is 0 Å². The Morgan fingerprint density at radius 3 is 2.81 bits per heavy atom. The molecule has 0 aromatic heterocycles. The first-order valence-electron chi connectivity index (χ1n) is 5.40. The summed E-state index contributed by atoms with van der Waals surface area (Å²) in [5.74, 6) is 0. The molecule has 0 aliphatic carbocycles. The number of benzene rings is 1. The fourth-order valence-electron chi connectivity index (χ4n) is 1.35. The molecule has 0 fully saturated rings. The van der Waals surface area contributed by atoms with Gasteiger partial charge in [0, 0.05) is 5.69 Å². The van der Waals surface area contributed by atoms with Crippen molar-refractivity contribution in [3.63, 3.8) is 0 Å². The molecule has 1 aromatic carbocycles. The zero-order valence-electron chi connectivity index (χ0n) is 9.66. The Kier molecular flexibility index (Phi) is 4.79. The van der Waals surface area contributed by atoms with Crippen LogP contribution < -0.4 is 10.6 Å². The number of aryl methyl sites for hydroxylation is 1. The average Bonchev–Trinajstić information content (AvgIpc) is 2.26. The first-order chi connectivity index (χ1) is 7.65. The predicted molar refractivity (Wildman–Crippen MR) is 64.5 cm³/mol. The molecule has 4 nitrogen and oxygen atoms in total. The molecule has 0 bridgehead atoms. The van der Waals surface area contributed by atoms with Gasteiger partial charge in [0.05, 0.1) is 12.6 Å². The quantitative estimate of drug-likeness (QED) is 0.728. The Morgan fingerprint density at radius 1 is 1.50 bits per heavy atom. The van der Waals surface area contributed by atoms with E-state index in [0.717, 1.165) is 11.3 Å². The van der Waals surface area contributed by atoms with Crippen LogP contribution in [0.25, 0.3) is 0 Å². The highest BCUT2D eigenvalue weighted by molar-refractivity contribution is 5.89. The number of urea groups is 1. The number of rotatable bonds is 4. The van der Waals surface area contributed by atoms with Crippen molar-refractivity contribution in [1.29, 1.82) is 0 Å². The van der Waals surface area contributed by atoms with Gasteiger partial charge in [0.15, 0.2) is 0 Å². The Labute approximate surface area is 95.7 Å². The standard InChI is InChI=1S/C12H18N2O2/c1-3-10(8-15)13-12(16)14-11-6-4-5-9(2)7-11/h4-7,10,15H,3,8H2,1-2H3,(H2,13,14,16). The van der Waals surface area contributed by atoms with E-state index >= 15 is 0 Å². The van der Waals surface area contributed by atoms with Crippen molar-refractivity contribution in [2.24, 2.45) is 0 Å². The maximum absolute atomic E-state index is 11.5. The Morgan fingerprint density at radius 2 is 2.25 bits per heavy atom. The van der Waals surface area contributed by atoms with Crippen LogP contribution in [-0.4, -0.2) is 23.8 Å². The van der Waals surface area contributed by atoms with Crippen molar-refractivity contribution < 1.29 is 9.90 Å². The number of nitrogens with one attached hydrogen (secondary N) is 2. The lowest BCUT2D eigenvalue weighted by molar-refractivity contribution is 0.222. The molecule has 0 aliphatic heterocycles. The summed E-state index contributed by atoms with van der Waals surface area (Å²) < 4.78 is 0.